The molecule has 34 heavy (non-hydrogen) atoms. The topological polar surface area (TPSA) is 88.7 Å². The van der Waals surface area contributed by atoms with E-state index in [0.717, 1.165) is 37.3 Å². The van der Waals surface area contributed by atoms with Gasteiger partial charge in [-0.3, -0.25) is 0 Å². The van der Waals surface area contributed by atoms with Crippen molar-refractivity contribution in [3.8, 4) is 0 Å². The number of rotatable bonds is 7. The first kappa shape index (κ1) is 24.2. The van der Waals surface area contributed by atoms with Gasteiger partial charge in [0.15, 0.2) is 5.82 Å². The maximum absolute atomic E-state index is 8.72. The van der Waals surface area contributed by atoms with Crippen molar-refractivity contribution >= 4 is 18.7 Å². The van der Waals surface area contributed by atoms with Gasteiger partial charge in [-0.25, -0.2) is 0 Å². The Labute approximate surface area is 202 Å². The highest BCUT2D eigenvalue weighted by atomic mass is 28.4. The summed E-state index contributed by atoms with van der Waals surface area (Å²) in [5.41, 5.74) is 8.72. The Kier molecular flexibility index (Phi) is 7.21. The minimum absolute atomic E-state index is 0.0865. The molecule has 178 valence electrons. The van der Waals surface area contributed by atoms with Crippen LogP contribution in [0.1, 0.15) is 64.0 Å². The highest BCUT2D eigenvalue weighted by Gasteiger charge is 2.50. The summed E-state index contributed by atoms with van der Waals surface area (Å²) in [6, 6.07) is 21.4. The molecule has 1 aliphatic carbocycles. The Bertz CT molecular complexity index is 1090. The highest BCUT2D eigenvalue weighted by molar-refractivity contribution is 6.99. The van der Waals surface area contributed by atoms with Gasteiger partial charge in [-0.05, 0) is 46.6 Å². The van der Waals surface area contributed by atoms with Crippen LogP contribution in [0.5, 0.6) is 0 Å². The molecule has 1 aromatic heterocycles. The van der Waals surface area contributed by atoms with Crippen LogP contribution in [0.3, 0.4) is 0 Å². The van der Waals surface area contributed by atoms with E-state index >= 15 is 0 Å². The summed E-state index contributed by atoms with van der Waals surface area (Å²) in [5.74, 6) is 2.19. The fourth-order valence-corrected chi connectivity index (χ4v) is 9.81. The van der Waals surface area contributed by atoms with Crippen LogP contribution in [0.4, 0.5) is 0 Å². The maximum atomic E-state index is 8.72. The molecular formula is C26H34N6OSi. The van der Waals surface area contributed by atoms with E-state index in [4.69, 9.17) is 9.96 Å². The fourth-order valence-electron chi connectivity index (χ4n) is 5.31. The van der Waals surface area contributed by atoms with Crippen LogP contribution in [0.2, 0.25) is 5.04 Å². The molecule has 3 aromatic rings. The van der Waals surface area contributed by atoms with Crippen LogP contribution in [-0.4, -0.2) is 29.1 Å². The average molecular weight is 475 g/mol. The first-order valence-corrected chi connectivity index (χ1v) is 13.9. The second-order valence-corrected chi connectivity index (χ2v) is 14.5. The van der Waals surface area contributed by atoms with Crippen molar-refractivity contribution in [3.63, 3.8) is 0 Å². The Morgan fingerprint density at radius 3 is 2.03 bits per heavy atom. The van der Waals surface area contributed by atoms with Crippen LogP contribution >= 0.6 is 0 Å². The lowest BCUT2D eigenvalue weighted by Crippen LogP contribution is -2.66. The number of azide groups is 1. The smallest absolute Gasteiger partial charge is 0.261 e. The molecule has 0 atom stereocenters. The second-order valence-electron chi connectivity index (χ2n) is 10.2. The zero-order valence-electron chi connectivity index (χ0n) is 20.6. The third-order valence-corrected chi connectivity index (χ3v) is 12.1. The number of nitrogens with zero attached hydrogens (tertiary/aromatic N) is 6. The van der Waals surface area contributed by atoms with Gasteiger partial charge in [0.2, 0.25) is 0 Å². The molecule has 7 nitrogen and oxygen atoms in total. The molecule has 1 fully saturated rings. The molecule has 1 heterocycles. The van der Waals surface area contributed by atoms with Crippen LogP contribution < -0.4 is 10.4 Å². The molecule has 1 aliphatic rings. The summed E-state index contributed by atoms with van der Waals surface area (Å²) in [4.78, 5) is 2.97. The zero-order chi connectivity index (χ0) is 24.2. The van der Waals surface area contributed by atoms with Crippen molar-refractivity contribution in [2.24, 2.45) is 12.2 Å². The molecule has 0 spiro atoms. The van der Waals surface area contributed by atoms with E-state index < -0.39 is 8.32 Å². The Morgan fingerprint density at radius 1 is 0.971 bits per heavy atom. The molecular weight excluding hydrogens is 440 g/mol. The van der Waals surface area contributed by atoms with Gasteiger partial charge in [0, 0.05) is 23.9 Å². The highest BCUT2D eigenvalue weighted by Crippen LogP contribution is 2.38. The Balaban J connectivity index is 1.63. The molecule has 8 heteroatoms. The molecule has 0 aliphatic heterocycles. The molecule has 0 N–H and O–H groups in total. The van der Waals surface area contributed by atoms with E-state index in [1.165, 1.54) is 10.4 Å². The lowest BCUT2D eigenvalue weighted by Gasteiger charge is -2.42. The number of aromatic nitrogens is 3. The van der Waals surface area contributed by atoms with Crippen molar-refractivity contribution in [2.75, 3.05) is 0 Å². The van der Waals surface area contributed by atoms with Crippen molar-refractivity contribution in [2.45, 2.75) is 70.1 Å². The Hall–Kier alpha value is -2.93. The van der Waals surface area contributed by atoms with Crippen molar-refractivity contribution in [3.05, 3.63) is 82.8 Å². The fraction of sp³-hybridized carbons (Fsp3) is 0.462. The number of hydrogen-bond acceptors (Lipinski definition) is 4. The minimum atomic E-state index is -2.63. The third-order valence-electron chi connectivity index (χ3n) is 7.11. The minimum Gasteiger partial charge on any atom is -0.400 e. The van der Waals surface area contributed by atoms with Gasteiger partial charge in [0.25, 0.3) is 8.32 Å². The largest absolute Gasteiger partial charge is 0.400 e. The summed E-state index contributed by atoms with van der Waals surface area (Å²) in [6.45, 7) is 7.25. The summed E-state index contributed by atoms with van der Waals surface area (Å²) in [5, 5.41) is 15.4. The van der Waals surface area contributed by atoms with Crippen LogP contribution in [-0.2, 0) is 18.1 Å². The maximum Gasteiger partial charge on any atom is 0.261 e. The normalized spacial score (nSPS) is 18.9. The van der Waals surface area contributed by atoms with Crippen LogP contribution in [0.25, 0.3) is 10.4 Å². The average Bonchev–Trinajstić information content (AvgIpc) is 3.21. The van der Waals surface area contributed by atoms with E-state index in [1.807, 2.05) is 7.05 Å². The van der Waals surface area contributed by atoms with Gasteiger partial charge < -0.3 is 8.99 Å². The molecule has 0 saturated heterocycles. The molecule has 0 radical (unpaired) electrons. The van der Waals surface area contributed by atoms with Gasteiger partial charge in [-0.2, -0.15) is 0 Å². The van der Waals surface area contributed by atoms with Gasteiger partial charge in [0.1, 0.15) is 5.82 Å². The summed E-state index contributed by atoms with van der Waals surface area (Å²) < 4.78 is 9.15. The zero-order valence-corrected chi connectivity index (χ0v) is 21.6. The van der Waals surface area contributed by atoms with E-state index in [-0.39, 0.29) is 11.1 Å². The van der Waals surface area contributed by atoms with Gasteiger partial charge >= 0.3 is 0 Å². The predicted octanol–water partition coefficient (Wildman–Crippen LogP) is 5.23. The third kappa shape index (κ3) is 4.66. The molecule has 0 amide bonds. The standard InChI is InChI=1S/C26H34N6OSi/c1-26(2,3)34(22-11-7-5-8-12-22,23-13-9-6-10-14-23)33-19-24-29-30-25(32(24)4)20-15-17-21(18-16-20)28-31-27/h5-14,20-21H,15-19H2,1-4H3. The van der Waals surface area contributed by atoms with Crippen LogP contribution in [0, 0.1) is 0 Å². The van der Waals surface area contributed by atoms with Crippen molar-refractivity contribution in [1.29, 1.82) is 0 Å². The van der Waals surface area contributed by atoms with Crippen LogP contribution in [0.15, 0.2) is 65.8 Å². The monoisotopic (exact) mass is 474 g/mol. The van der Waals surface area contributed by atoms with Gasteiger partial charge in [0.05, 0.1) is 6.61 Å². The van der Waals surface area contributed by atoms with E-state index in [2.05, 4.69) is 106 Å². The summed E-state index contributed by atoms with van der Waals surface area (Å²) in [6.07, 6.45) is 3.72. The molecule has 4 rings (SSSR count). The summed E-state index contributed by atoms with van der Waals surface area (Å²) in [7, 11) is -0.591. The lowest BCUT2D eigenvalue weighted by molar-refractivity contribution is 0.271. The van der Waals surface area contributed by atoms with E-state index in [9.17, 15) is 0 Å². The SMILES string of the molecule is Cn1c(CO[Si](c2ccccc2)(c2ccccc2)C(C)(C)C)nnc1C1CCC(N=[N+]=[N-])CC1. The molecule has 0 unspecified atom stereocenters. The number of hydrogen-bond donors (Lipinski definition) is 0. The lowest BCUT2D eigenvalue weighted by atomic mass is 9.86. The molecule has 1 saturated carbocycles. The molecule has 0 bridgehead atoms. The Morgan fingerprint density at radius 2 is 1.53 bits per heavy atom. The second kappa shape index (κ2) is 10.1. The van der Waals surface area contributed by atoms with Crippen molar-refractivity contribution < 1.29 is 4.43 Å². The summed E-state index contributed by atoms with van der Waals surface area (Å²) >= 11 is 0. The van der Waals surface area contributed by atoms with E-state index in [1.54, 1.807) is 0 Å². The molecule has 2 aromatic carbocycles. The first-order chi connectivity index (χ1) is 16.4. The quantitative estimate of drug-likeness (QED) is 0.203. The predicted molar refractivity (Wildman–Crippen MR) is 138 cm³/mol. The van der Waals surface area contributed by atoms with Crippen molar-refractivity contribution in [1.82, 2.24) is 14.8 Å². The van der Waals surface area contributed by atoms with Gasteiger partial charge in [-0.1, -0.05) is 86.5 Å². The van der Waals surface area contributed by atoms with Gasteiger partial charge in [-0.15, -0.1) is 10.2 Å². The first-order valence-electron chi connectivity index (χ1n) is 12.0. The number of benzene rings is 2. The van der Waals surface area contributed by atoms with E-state index in [0.29, 0.717) is 12.5 Å².